The second-order valence-corrected chi connectivity index (χ2v) is 3.09. The number of rotatable bonds is 5. The molecule has 3 nitrogen and oxygen atoms in total. The Kier molecular flexibility index (Phi) is 4.43. The van der Waals surface area contributed by atoms with E-state index in [0.717, 1.165) is 16.9 Å². The zero-order valence-electron chi connectivity index (χ0n) is 8.36. The van der Waals surface area contributed by atoms with Gasteiger partial charge in [0.15, 0.2) is 0 Å². The van der Waals surface area contributed by atoms with E-state index in [1.165, 1.54) is 0 Å². The maximum absolute atomic E-state index is 8.86. The van der Waals surface area contributed by atoms with Crippen LogP contribution in [-0.2, 0) is 12.8 Å². The zero-order chi connectivity index (χ0) is 10.4. The van der Waals surface area contributed by atoms with Gasteiger partial charge >= 0.3 is 0 Å². The van der Waals surface area contributed by atoms with Crippen molar-refractivity contribution in [1.29, 1.82) is 0 Å². The number of aliphatic hydroxyl groups is 2. The highest BCUT2D eigenvalue weighted by molar-refractivity contribution is 5.37. The molecular weight excluding hydrogens is 180 g/mol. The summed E-state index contributed by atoms with van der Waals surface area (Å²) < 4.78 is 5.16. The van der Waals surface area contributed by atoms with Crippen molar-refractivity contribution in [3.63, 3.8) is 0 Å². The van der Waals surface area contributed by atoms with Gasteiger partial charge in [-0.15, -0.1) is 0 Å². The summed E-state index contributed by atoms with van der Waals surface area (Å²) in [6.07, 6.45) is 1.23. The second kappa shape index (κ2) is 5.62. The predicted molar refractivity (Wildman–Crippen MR) is 54.6 cm³/mol. The van der Waals surface area contributed by atoms with E-state index in [2.05, 4.69) is 0 Å². The average molecular weight is 196 g/mol. The van der Waals surface area contributed by atoms with Crippen LogP contribution in [0.4, 0.5) is 0 Å². The second-order valence-electron chi connectivity index (χ2n) is 3.09. The average Bonchev–Trinajstić information content (AvgIpc) is 2.19. The van der Waals surface area contributed by atoms with Crippen molar-refractivity contribution in [3.05, 3.63) is 29.3 Å². The monoisotopic (exact) mass is 196 g/mol. The summed E-state index contributed by atoms with van der Waals surface area (Å²) in [5.41, 5.74) is 2.05. The number of hydrogen-bond acceptors (Lipinski definition) is 3. The molecule has 3 heteroatoms. The van der Waals surface area contributed by atoms with Crippen molar-refractivity contribution in [2.45, 2.75) is 12.8 Å². The molecule has 0 saturated carbocycles. The van der Waals surface area contributed by atoms with Crippen LogP contribution in [0.3, 0.4) is 0 Å². The Morgan fingerprint density at radius 3 is 2.43 bits per heavy atom. The van der Waals surface area contributed by atoms with Gasteiger partial charge in [-0.05, 0) is 30.0 Å². The van der Waals surface area contributed by atoms with Crippen LogP contribution in [0.1, 0.15) is 11.1 Å². The molecule has 78 valence electrons. The summed E-state index contributed by atoms with van der Waals surface area (Å²) in [4.78, 5) is 0. The van der Waals surface area contributed by atoms with Crippen LogP contribution in [0.15, 0.2) is 18.2 Å². The molecule has 0 aliphatic heterocycles. The molecule has 0 heterocycles. The Bertz CT molecular complexity index is 284. The summed E-state index contributed by atoms with van der Waals surface area (Å²) in [7, 11) is 1.61. The Balaban J connectivity index is 2.88. The lowest BCUT2D eigenvalue weighted by Gasteiger charge is -2.09. The summed E-state index contributed by atoms with van der Waals surface area (Å²) in [6.45, 7) is 0.254. The fourth-order valence-corrected chi connectivity index (χ4v) is 1.43. The number of benzene rings is 1. The lowest BCUT2D eigenvalue weighted by atomic mass is 10.1. The smallest absolute Gasteiger partial charge is 0.122 e. The molecule has 0 radical (unpaired) electrons. The van der Waals surface area contributed by atoms with Crippen LogP contribution >= 0.6 is 0 Å². The van der Waals surface area contributed by atoms with Crippen molar-refractivity contribution in [2.24, 2.45) is 0 Å². The fraction of sp³-hybridized carbons (Fsp3) is 0.455. The molecule has 0 fully saturated rings. The molecule has 0 spiro atoms. The standard InChI is InChI=1S/C11H16O3/c1-14-11-3-2-9(4-6-12)8-10(11)5-7-13/h2-3,8,12-13H,4-7H2,1H3. The molecule has 0 aliphatic carbocycles. The molecule has 0 amide bonds. The lowest BCUT2D eigenvalue weighted by Crippen LogP contribution is -1.98. The van der Waals surface area contributed by atoms with Crippen molar-refractivity contribution < 1.29 is 14.9 Å². The van der Waals surface area contributed by atoms with Gasteiger partial charge in [0.2, 0.25) is 0 Å². The topological polar surface area (TPSA) is 49.7 Å². The third kappa shape index (κ3) is 2.72. The number of ether oxygens (including phenoxy) is 1. The van der Waals surface area contributed by atoms with E-state index in [4.69, 9.17) is 14.9 Å². The summed E-state index contributed by atoms with van der Waals surface area (Å²) in [5.74, 6) is 0.792. The van der Waals surface area contributed by atoms with Crippen molar-refractivity contribution in [2.75, 3.05) is 20.3 Å². The Morgan fingerprint density at radius 1 is 1.14 bits per heavy atom. The van der Waals surface area contributed by atoms with Gasteiger partial charge in [0.25, 0.3) is 0 Å². The maximum Gasteiger partial charge on any atom is 0.122 e. The van der Waals surface area contributed by atoms with Gasteiger partial charge in [0.1, 0.15) is 5.75 Å². The van der Waals surface area contributed by atoms with E-state index in [1.807, 2.05) is 18.2 Å². The predicted octanol–water partition coefficient (Wildman–Crippen LogP) is 0.765. The van der Waals surface area contributed by atoms with Crippen LogP contribution in [0.5, 0.6) is 5.75 Å². The van der Waals surface area contributed by atoms with E-state index in [9.17, 15) is 0 Å². The molecule has 0 aromatic heterocycles. The van der Waals surface area contributed by atoms with Gasteiger partial charge in [-0.3, -0.25) is 0 Å². The van der Waals surface area contributed by atoms with E-state index in [-0.39, 0.29) is 13.2 Å². The molecule has 0 atom stereocenters. The molecule has 1 rings (SSSR count). The SMILES string of the molecule is COc1ccc(CCO)cc1CCO. The Morgan fingerprint density at radius 2 is 1.86 bits per heavy atom. The first-order valence-corrected chi connectivity index (χ1v) is 4.69. The van der Waals surface area contributed by atoms with Gasteiger partial charge in [-0.25, -0.2) is 0 Å². The van der Waals surface area contributed by atoms with Crippen LogP contribution in [0, 0.1) is 0 Å². The van der Waals surface area contributed by atoms with Gasteiger partial charge in [-0.1, -0.05) is 12.1 Å². The highest BCUT2D eigenvalue weighted by Crippen LogP contribution is 2.20. The molecule has 0 aliphatic rings. The molecule has 0 unspecified atom stereocenters. The van der Waals surface area contributed by atoms with Crippen molar-refractivity contribution in [1.82, 2.24) is 0 Å². The van der Waals surface area contributed by atoms with E-state index >= 15 is 0 Å². The van der Waals surface area contributed by atoms with Gasteiger partial charge < -0.3 is 14.9 Å². The Hall–Kier alpha value is -1.06. The first-order valence-electron chi connectivity index (χ1n) is 4.69. The minimum atomic E-state index is 0.110. The van der Waals surface area contributed by atoms with E-state index in [0.29, 0.717) is 12.8 Å². The molecular formula is C11H16O3. The molecule has 1 aromatic rings. The summed E-state index contributed by atoms with van der Waals surface area (Å²) in [5, 5.41) is 17.6. The number of hydrogen-bond donors (Lipinski definition) is 2. The van der Waals surface area contributed by atoms with Gasteiger partial charge in [-0.2, -0.15) is 0 Å². The first-order chi connectivity index (χ1) is 6.81. The summed E-state index contributed by atoms with van der Waals surface area (Å²) >= 11 is 0. The minimum Gasteiger partial charge on any atom is -0.496 e. The van der Waals surface area contributed by atoms with Crippen LogP contribution in [-0.4, -0.2) is 30.5 Å². The minimum absolute atomic E-state index is 0.110. The van der Waals surface area contributed by atoms with Crippen molar-refractivity contribution >= 4 is 0 Å². The zero-order valence-corrected chi connectivity index (χ0v) is 8.36. The number of methoxy groups -OCH3 is 1. The molecule has 1 aromatic carbocycles. The fourth-order valence-electron chi connectivity index (χ4n) is 1.43. The van der Waals surface area contributed by atoms with E-state index < -0.39 is 0 Å². The Labute approximate surface area is 84.0 Å². The largest absolute Gasteiger partial charge is 0.496 e. The molecule has 14 heavy (non-hydrogen) atoms. The normalized spacial score (nSPS) is 10.2. The van der Waals surface area contributed by atoms with Crippen LogP contribution < -0.4 is 4.74 Å². The summed E-state index contributed by atoms with van der Waals surface area (Å²) in [6, 6.07) is 5.76. The lowest BCUT2D eigenvalue weighted by molar-refractivity contribution is 0.295. The van der Waals surface area contributed by atoms with Crippen LogP contribution in [0.2, 0.25) is 0 Å². The quantitative estimate of drug-likeness (QED) is 0.731. The number of aliphatic hydroxyl groups excluding tert-OH is 2. The highest BCUT2D eigenvalue weighted by atomic mass is 16.5. The molecule has 0 saturated heterocycles. The highest BCUT2D eigenvalue weighted by Gasteiger charge is 2.03. The third-order valence-electron chi connectivity index (χ3n) is 2.13. The van der Waals surface area contributed by atoms with Gasteiger partial charge in [0.05, 0.1) is 7.11 Å². The van der Waals surface area contributed by atoms with Gasteiger partial charge in [0, 0.05) is 13.2 Å². The third-order valence-corrected chi connectivity index (χ3v) is 2.13. The first kappa shape index (κ1) is 11.0. The van der Waals surface area contributed by atoms with E-state index in [1.54, 1.807) is 7.11 Å². The molecule has 0 bridgehead atoms. The molecule has 2 N–H and O–H groups in total. The maximum atomic E-state index is 8.86. The van der Waals surface area contributed by atoms with Crippen molar-refractivity contribution in [3.8, 4) is 5.75 Å². The van der Waals surface area contributed by atoms with Crippen LogP contribution in [0.25, 0.3) is 0 Å².